The van der Waals surface area contributed by atoms with Gasteiger partial charge in [0.2, 0.25) is 0 Å². The van der Waals surface area contributed by atoms with Crippen molar-refractivity contribution in [2.75, 3.05) is 18.0 Å². The number of aromatic nitrogens is 2. The number of pyridine rings is 2. The van der Waals surface area contributed by atoms with Crippen molar-refractivity contribution in [1.29, 1.82) is 5.26 Å². The van der Waals surface area contributed by atoms with Crippen molar-refractivity contribution in [3.63, 3.8) is 0 Å². The molecule has 6 heteroatoms. The third kappa shape index (κ3) is 3.95. The second-order valence-corrected chi connectivity index (χ2v) is 8.96. The van der Waals surface area contributed by atoms with Gasteiger partial charge in [-0.3, -0.25) is 4.79 Å². The number of hydrogen-bond acceptors (Lipinski definition) is 5. The quantitative estimate of drug-likeness (QED) is 0.611. The summed E-state index contributed by atoms with van der Waals surface area (Å²) in [7, 11) is 1.74. The molecule has 3 heterocycles. The Labute approximate surface area is 188 Å². The number of anilines is 1. The summed E-state index contributed by atoms with van der Waals surface area (Å²) in [6, 6.07) is 15.9. The minimum atomic E-state index is -0.0697. The molecular formula is C26H28N4O2. The number of hydrogen-bond donors (Lipinski definition) is 0. The monoisotopic (exact) mass is 428 g/mol. The average Bonchev–Trinajstić information content (AvgIpc) is 3.37. The summed E-state index contributed by atoms with van der Waals surface area (Å²) in [5, 5.41) is 9.26. The lowest BCUT2D eigenvalue weighted by molar-refractivity contribution is 0.171. The fourth-order valence-electron chi connectivity index (χ4n) is 5.10. The van der Waals surface area contributed by atoms with Crippen LogP contribution < -0.4 is 15.2 Å². The summed E-state index contributed by atoms with van der Waals surface area (Å²) in [5.41, 5.74) is 3.97. The van der Waals surface area contributed by atoms with E-state index in [9.17, 15) is 10.1 Å². The van der Waals surface area contributed by atoms with Crippen LogP contribution in [-0.2, 0) is 7.05 Å². The molecule has 1 aliphatic heterocycles. The highest BCUT2D eigenvalue weighted by Gasteiger charge is 2.24. The lowest BCUT2D eigenvalue weighted by Gasteiger charge is -2.34. The number of ether oxygens (including phenoxy) is 1. The first-order chi connectivity index (χ1) is 15.6. The van der Waals surface area contributed by atoms with E-state index < -0.39 is 0 Å². The van der Waals surface area contributed by atoms with E-state index >= 15 is 0 Å². The standard InChI is InChI=1S/C26H28N4O2/c1-29-23-11-8-20(17-27)28-26(23)24(16-25(29)31)30-14-12-22(13-15-30)32-21-9-6-19(7-10-21)18-4-2-3-5-18/h6-11,16,18,22H,2-5,12-15H2,1H3. The van der Waals surface area contributed by atoms with E-state index in [-0.39, 0.29) is 11.7 Å². The molecule has 1 saturated heterocycles. The van der Waals surface area contributed by atoms with Crippen LogP contribution in [0.3, 0.4) is 0 Å². The lowest BCUT2D eigenvalue weighted by atomic mass is 9.98. The molecule has 0 unspecified atom stereocenters. The molecular weight excluding hydrogens is 400 g/mol. The van der Waals surface area contributed by atoms with E-state index in [0.29, 0.717) is 11.2 Å². The van der Waals surface area contributed by atoms with Crippen molar-refractivity contribution >= 4 is 16.7 Å². The SMILES string of the molecule is Cn1c(=O)cc(N2CCC(Oc3ccc(C4CCCC4)cc3)CC2)c2nc(C#N)ccc21. The molecule has 1 aromatic carbocycles. The van der Waals surface area contributed by atoms with Gasteiger partial charge in [-0.1, -0.05) is 25.0 Å². The van der Waals surface area contributed by atoms with Crippen molar-refractivity contribution in [2.24, 2.45) is 7.05 Å². The summed E-state index contributed by atoms with van der Waals surface area (Å²) in [5.74, 6) is 1.65. The third-order valence-corrected chi connectivity index (χ3v) is 6.98. The molecule has 6 nitrogen and oxygen atoms in total. The number of fused-ring (bicyclic) bond motifs is 1. The summed E-state index contributed by atoms with van der Waals surface area (Å²) in [6.45, 7) is 1.57. The van der Waals surface area contributed by atoms with Crippen molar-refractivity contribution in [1.82, 2.24) is 9.55 Å². The number of aryl methyl sites for hydroxylation is 1. The molecule has 0 amide bonds. The molecule has 0 N–H and O–H groups in total. The van der Waals surface area contributed by atoms with Gasteiger partial charge in [-0.15, -0.1) is 0 Å². The zero-order valence-electron chi connectivity index (χ0n) is 18.5. The number of piperidine rings is 1. The van der Waals surface area contributed by atoms with Crippen LogP contribution in [0.1, 0.15) is 55.7 Å². The first-order valence-electron chi connectivity index (χ1n) is 11.5. The van der Waals surface area contributed by atoms with Gasteiger partial charge < -0.3 is 14.2 Å². The number of nitriles is 1. The van der Waals surface area contributed by atoms with Gasteiger partial charge in [-0.25, -0.2) is 4.98 Å². The van der Waals surface area contributed by atoms with Gasteiger partial charge >= 0.3 is 0 Å². The molecule has 0 bridgehead atoms. The van der Waals surface area contributed by atoms with Gasteiger partial charge in [0.1, 0.15) is 29.1 Å². The van der Waals surface area contributed by atoms with Gasteiger partial charge in [0.25, 0.3) is 5.56 Å². The highest BCUT2D eigenvalue weighted by Crippen LogP contribution is 2.35. The Morgan fingerprint density at radius 3 is 2.44 bits per heavy atom. The zero-order valence-corrected chi connectivity index (χ0v) is 18.5. The Bertz CT molecular complexity index is 1210. The maximum atomic E-state index is 12.5. The Hall–Kier alpha value is -3.33. The van der Waals surface area contributed by atoms with Crippen LogP contribution in [0.5, 0.6) is 5.75 Å². The second kappa shape index (κ2) is 8.66. The van der Waals surface area contributed by atoms with Crippen LogP contribution in [0.15, 0.2) is 47.3 Å². The Morgan fingerprint density at radius 2 is 1.75 bits per heavy atom. The normalized spacial score (nSPS) is 17.6. The van der Waals surface area contributed by atoms with Gasteiger partial charge in [0.15, 0.2) is 0 Å². The first kappa shape index (κ1) is 20.6. The molecule has 164 valence electrons. The molecule has 0 atom stereocenters. The van der Waals surface area contributed by atoms with E-state index in [4.69, 9.17) is 4.74 Å². The van der Waals surface area contributed by atoms with Gasteiger partial charge in [0, 0.05) is 39.0 Å². The molecule has 0 radical (unpaired) electrons. The molecule has 2 aliphatic rings. The Balaban J connectivity index is 1.29. The molecule has 1 saturated carbocycles. The van der Waals surface area contributed by atoms with E-state index in [1.807, 2.05) is 0 Å². The fourth-order valence-corrected chi connectivity index (χ4v) is 5.10. The average molecular weight is 429 g/mol. The lowest BCUT2D eigenvalue weighted by Crippen LogP contribution is -2.39. The highest BCUT2D eigenvalue weighted by molar-refractivity contribution is 5.88. The predicted molar refractivity (Wildman–Crippen MR) is 125 cm³/mol. The number of nitrogens with zero attached hydrogens (tertiary/aromatic N) is 4. The van der Waals surface area contributed by atoms with Crippen molar-refractivity contribution in [3.05, 3.63) is 64.1 Å². The van der Waals surface area contributed by atoms with Crippen LogP contribution in [0.4, 0.5) is 5.69 Å². The van der Waals surface area contributed by atoms with Crippen molar-refractivity contribution in [3.8, 4) is 11.8 Å². The molecule has 1 aliphatic carbocycles. The summed E-state index contributed by atoms with van der Waals surface area (Å²) in [4.78, 5) is 19.2. The maximum absolute atomic E-state index is 12.5. The molecule has 2 fully saturated rings. The molecule has 32 heavy (non-hydrogen) atoms. The molecule has 2 aromatic heterocycles. The van der Waals surface area contributed by atoms with E-state index in [1.54, 1.807) is 29.8 Å². The predicted octanol–water partition coefficient (Wildman–Crippen LogP) is 4.51. The fraction of sp³-hybridized carbons (Fsp3) is 0.423. The topological polar surface area (TPSA) is 71.2 Å². The van der Waals surface area contributed by atoms with Crippen molar-refractivity contribution < 1.29 is 4.74 Å². The summed E-state index contributed by atoms with van der Waals surface area (Å²) >= 11 is 0. The zero-order chi connectivity index (χ0) is 22.1. The van der Waals surface area contributed by atoms with E-state index in [0.717, 1.165) is 48.8 Å². The second-order valence-electron chi connectivity index (χ2n) is 8.96. The highest BCUT2D eigenvalue weighted by atomic mass is 16.5. The number of benzene rings is 1. The molecule has 5 rings (SSSR count). The Kier molecular flexibility index (Phi) is 5.57. The smallest absolute Gasteiger partial charge is 0.252 e. The minimum absolute atomic E-state index is 0.0697. The minimum Gasteiger partial charge on any atom is -0.490 e. The Morgan fingerprint density at radius 1 is 1.03 bits per heavy atom. The molecule has 3 aromatic rings. The van der Waals surface area contributed by atoms with Crippen LogP contribution in [-0.4, -0.2) is 28.7 Å². The van der Waals surface area contributed by atoms with Crippen molar-refractivity contribution in [2.45, 2.75) is 50.5 Å². The summed E-state index contributed by atoms with van der Waals surface area (Å²) in [6.07, 6.45) is 7.21. The maximum Gasteiger partial charge on any atom is 0.252 e. The van der Waals surface area contributed by atoms with E-state index in [1.165, 1.54) is 31.2 Å². The van der Waals surface area contributed by atoms with Crippen LogP contribution in [0.2, 0.25) is 0 Å². The largest absolute Gasteiger partial charge is 0.490 e. The molecule has 0 spiro atoms. The third-order valence-electron chi connectivity index (χ3n) is 6.98. The van der Waals surface area contributed by atoms with E-state index in [2.05, 4.69) is 40.2 Å². The van der Waals surface area contributed by atoms with Gasteiger partial charge in [-0.05, 0) is 48.6 Å². The van der Waals surface area contributed by atoms with Crippen LogP contribution >= 0.6 is 0 Å². The van der Waals surface area contributed by atoms with Crippen LogP contribution in [0.25, 0.3) is 11.0 Å². The first-order valence-corrected chi connectivity index (χ1v) is 11.5. The number of rotatable bonds is 4. The van der Waals surface area contributed by atoms with Gasteiger partial charge in [0.05, 0.1) is 11.2 Å². The van der Waals surface area contributed by atoms with Crippen LogP contribution in [0, 0.1) is 11.3 Å². The summed E-state index contributed by atoms with van der Waals surface area (Å²) < 4.78 is 7.85. The van der Waals surface area contributed by atoms with Gasteiger partial charge in [-0.2, -0.15) is 5.26 Å².